The predicted octanol–water partition coefficient (Wildman–Crippen LogP) is 1.64. The summed E-state index contributed by atoms with van der Waals surface area (Å²) >= 11 is 0. The molecule has 0 aliphatic rings. The van der Waals surface area contributed by atoms with Gasteiger partial charge in [0.25, 0.3) is 0 Å². The Bertz CT molecular complexity index is 151. The molecule has 0 aliphatic carbocycles. The van der Waals surface area contributed by atoms with E-state index in [4.69, 9.17) is 8.23 Å². The molecular formula is C7H18O3Si3. The van der Waals surface area contributed by atoms with Gasteiger partial charge in [0.05, 0.1) is 0 Å². The third-order valence-electron chi connectivity index (χ3n) is 1.13. The molecule has 0 aromatic heterocycles. The van der Waals surface area contributed by atoms with Crippen LogP contribution in [0.15, 0.2) is 12.7 Å². The van der Waals surface area contributed by atoms with E-state index >= 15 is 0 Å². The molecule has 0 bridgehead atoms. The monoisotopic (exact) mass is 234 g/mol. The van der Waals surface area contributed by atoms with Crippen molar-refractivity contribution in [1.29, 1.82) is 0 Å². The van der Waals surface area contributed by atoms with Crippen LogP contribution in [0, 0.1) is 0 Å². The molecule has 0 aliphatic heterocycles. The van der Waals surface area contributed by atoms with Crippen molar-refractivity contribution in [1.82, 2.24) is 0 Å². The highest BCUT2D eigenvalue weighted by atomic mass is 28.5. The van der Waals surface area contributed by atoms with Gasteiger partial charge < -0.3 is 13.0 Å². The van der Waals surface area contributed by atoms with Crippen LogP contribution >= 0.6 is 0 Å². The Kier molecular flexibility index (Phi) is 6.01. The van der Waals surface area contributed by atoms with Crippen molar-refractivity contribution in [2.24, 2.45) is 0 Å². The minimum Gasteiger partial charge on any atom is -0.416 e. The maximum Gasteiger partial charge on any atom is 0.481 e. The molecule has 0 aromatic rings. The Labute approximate surface area is 85.2 Å². The molecule has 0 rings (SSSR count). The fourth-order valence-corrected chi connectivity index (χ4v) is 7.60. The zero-order valence-corrected chi connectivity index (χ0v) is 11.8. The van der Waals surface area contributed by atoms with Crippen LogP contribution in [0.2, 0.25) is 32.2 Å². The second-order valence-electron chi connectivity index (χ2n) is 3.23. The fraction of sp³-hybridized carbons (Fsp3) is 0.714. The molecule has 0 aromatic carbocycles. The molecule has 0 saturated heterocycles. The first kappa shape index (κ1) is 13.3. The first-order valence-corrected chi connectivity index (χ1v) is 11.0. The molecule has 0 heterocycles. The summed E-state index contributed by atoms with van der Waals surface area (Å²) < 4.78 is 11.0. The third kappa shape index (κ3) is 6.36. The topological polar surface area (TPSA) is 38.7 Å². The summed E-state index contributed by atoms with van der Waals surface area (Å²) in [5, 5.41) is 0. The van der Waals surface area contributed by atoms with Crippen molar-refractivity contribution in [3.63, 3.8) is 0 Å². The lowest BCUT2D eigenvalue weighted by atomic mass is 10.8. The zero-order valence-electron chi connectivity index (χ0n) is 8.76. The van der Waals surface area contributed by atoms with Gasteiger partial charge in [-0.05, 0) is 26.2 Å². The van der Waals surface area contributed by atoms with E-state index in [9.17, 15) is 4.80 Å². The van der Waals surface area contributed by atoms with Gasteiger partial charge in [-0.1, -0.05) is 6.08 Å². The van der Waals surface area contributed by atoms with Crippen molar-refractivity contribution in [3.8, 4) is 0 Å². The van der Waals surface area contributed by atoms with Crippen molar-refractivity contribution in [3.05, 3.63) is 12.7 Å². The van der Waals surface area contributed by atoms with E-state index in [1.54, 1.807) is 6.08 Å². The minimum atomic E-state index is -2.90. The maximum atomic E-state index is 10.0. The van der Waals surface area contributed by atoms with Crippen molar-refractivity contribution in [2.75, 3.05) is 0 Å². The highest BCUT2D eigenvalue weighted by Crippen LogP contribution is 2.13. The molecule has 0 unspecified atom stereocenters. The second-order valence-corrected chi connectivity index (χ2v) is 10.3. The summed E-state index contributed by atoms with van der Waals surface area (Å²) in [6.45, 7) is 11.6. The van der Waals surface area contributed by atoms with Crippen LogP contribution in [0.25, 0.3) is 0 Å². The van der Waals surface area contributed by atoms with Crippen LogP contribution in [0.4, 0.5) is 0 Å². The SMILES string of the molecule is C=CC[Si](O)(O[Si](C)C)O[Si](C)C. The van der Waals surface area contributed by atoms with Crippen LogP contribution in [0.5, 0.6) is 0 Å². The van der Waals surface area contributed by atoms with Crippen molar-refractivity contribution in [2.45, 2.75) is 32.2 Å². The summed E-state index contributed by atoms with van der Waals surface area (Å²) in [7, 11) is -4.71. The fourth-order valence-electron chi connectivity index (χ4n) is 0.924. The van der Waals surface area contributed by atoms with Crippen LogP contribution in [0.1, 0.15) is 0 Å². The van der Waals surface area contributed by atoms with Gasteiger partial charge in [0.2, 0.25) is 0 Å². The molecule has 2 radical (unpaired) electrons. The van der Waals surface area contributed by atoms with Crippen LogP contribution in [-0.2, 0) is 8.23 Å². The van der Waals surface area contributed by atoms with E-state index in [1.165, 1.54) is 0 Å². The summed E-state index contributed by atoms with van der Waals surface area (Å²) in [6, 6.07) is 0.457. The van der Waals surface area contributed by atoms with Crippen LogP contribution in [-0.4, -0.2) is 31.7 Å². The summed E-state index contributed by atoms with van der Waals surface area (Å²) in [6.07, 6.45) is 1.67. The van der Waals surface area contributed by atoms with Gasteiger partial charge in [0.1, 0.15) is 0 Å². The molecular weight excluding hydrogens is 216 g/mol. The number of hydrogen-bond acceptors (Lipinski definition) is 3. The van der Waals surface area contributed by atoms with E-state index in [-0.39, 0.29) is 0 Å². The van der Waals surface area contributed by atoms with E-state index in [0.29, 0.717) is 6.04 Å². The predicted molar refractivity (Wildman–Crippen MR) is 60.1 cm³/mol. The van der Waals surface area contributed by atoms with Gasteiger partial charge in [-0.15, -0.1) is 6.58 Å². The molecule has 0 spiro atoms. The molecule has 0 saturated carbocycles. The minimum absolute atomic E-state index is 0.457. The Morgan fingerprint density at radius 1 is 1.23 bits per heavy atom. The standard InChI is InChI=1S/C7H18O3Si3/c1-6-7-13(8,9-11(2)3)10-12(4)5/h6,8H,1,7H2,2-5H3. The Morgan fingerprint density at radius 3 is 1.85 bits per heavy atom. The Balaban J connectivity index is 4.23. The quantitative estimate of drug-likeness (QED) is 0.561. The average Bonchev–Trinajstić information content (AvgIpc) is 1.81. The molecule has 76 valence electrons. The van der Waals surface area contributed by atoms with E-state index in [2.05, 4.69) is 6.58 Å². The second kappa shape index (κ2) is 5.89. The van der Waals surface area contributed by atoms with Gasteiger partial charge in [-0.2, -0.15) is 0 Å². The smallest absolute Gasteiger partial charge is 0.416 e. The Morgan fingerprint density at radius 2 is 1.62 bits per heavy atom. The average molecular weight is 234 g/mol. The molecule has 0 amide bonds. The third-order valence-corrected chi connectivity index (χ3v) is 7.75. The molecule has 0 fully saturated rings. The highest BCUT2D eigenvalue weighted by Gasteiger charge is 2.37. The summed E-state index contributed by atoms with van der Waals surface area (Å²) in [5.74, 6) is 0. The lowest BCUT2D eigenvalue weighted by Gasteiger charge is -2.26. The molecule has 3 nitrogen and oxygen atoms in total. The lowest BCUT2D eigenvalue weighted by molar-refractivity contribution is 0.259. The molecule has 0 atom stereocenters. The van der Waals surface area contributed by atoms with E-state index < -0.39 is 26.9 Å². The Hall–Kier alpha value is 0.271. The van der Waals surface area contributed by atoms with Gasteiger partial charge >= 0.3 is 8.80 Å². The first-order chi connectivity index (χ1) is 5.89. The van der Waals surface area contributed by atoms with Gasteiger partial charge in [-0.3, -0.25) is 0 Å². The summed E-state index contributed by atoms with van der Waals surface area (Å²) in [5.41, 5.74) is 0. The zero-order chi connectivity index (χ0) is 10.5. The first-order valence-electron chi connectivity index (χ1n) is 4.21. The van der Waals surface area contributed by atoms with Crippen LogP contribution in [0.3, 0.4) is 0 Å². The van der Waals surface area contributed by atoms with Gasteiger partial charge in [0.15, 0.2) is 18.1 Å². The highest BCUT2D eigenvalue weighted by molar-refractivity contribution is 6.75. The van der Waals surface area contributed by atoms with Crippen molar-refractivity contribution < 1.29 is 13.0 Å². The van der Waals surface area contributed by atoms with Gasteiger partial charge in [-0.25, -0.2) is 0 Å². The molecule has 6 heteroatoms. The van der Waals surface area contributed by atoms with Crippen molar-refractivity contribution >= 4 is 26.9 Å². The van der Waals surface area contributed by atoms with E-state index in [1.807, 2.05) is 26.2 Å². The normalized spacial score (nSPS) is 12.5. The van der Waals surface area contributed by atoms with Gasteiger partial charge in [0, 0.05) is 6.04 Å². The number of allylic oxidation sites excluding steroid dienone is 1. The lowest BCUT2D eigenvalue weighted by Crippen LogP contribution is -2.47. The maximum absolute atomic E-state index is 10.0. The summed E-state index contributed by atoms with van der Waals surface area (Å²) in [4.78, 5) is 10.0. The molecule has 1 N–H and O–H groups in total. The number of rotatable bonds is 6. The number of hydrogen-bond donors (Lipinski definition) is 1. The van der Waals surface area contributed by atoms with E-state index in [0.717, 1.165) is 0 Å². The molecule has 13 heavy (non-hydrogen) atoms. The van der Waals surface area contributed by atoms with Crippen LogP contribution < -0.4 is 0 Å². The largest absolute Gasteiger partial charge is 0.481 e.